The predicted molar refractivity (Wildman–Crippen MR) is 118 cm³/mol. The van der Waals surface area contributed by atoms with Crippen molar-refractivity contribution in [3.8, 4) is 0 Å². The van der Waals surface area contributed by atoms with Crippen molar-refractivity contribution in [1.82, 2.24) is 9.99 Å². The van der Waals surface area contributed by atoms with E-state index in [2.05, 4.69) is 70.5 Å². The number of hydrogen-bond donors (Lipinski definition) is 1. The van der Waals surface area contributed by atoms with Gasteiger partial charge in [-0.1, -0.05) is 54.6 Å². The highest BCUT2D eigenvalue weighted by molar-refractivity contribution is 6.09. The average molecular weight is 381 g/mol. The number of nitrogens with zero attached hydrogens (tertiary/aromatic N) is 2. The number of hydrazone groups is 1. The molecule has 1 amide bonds. The van der Waals surface area contributed by atoms with Crippen LogP contribution in [0.5, 0.6) is 0 Å². The zero-order chi connectivity index (χ0) is 19.8. The van der Waals surface area contributed by atoms with E-state index in [4.69, 9.17) is 0 Å². The fraction of sp³-hybridized carbons (Fsp3) is 0.200. The number of benzene rings is 3. The molecule has 0 bridgehead atoms. The van der Waals surface area contributed by atoms with E-state index in [0.29, 0.717) is 5.92 Å². The van der Waals surface area contributed by atoms with Gasteiger partial charge in [0.2, 0.25) is 5.91 Å². The van der Waals surface area contributed by atoms with Gasteiger partial charge in [-0.15, -0.1) is 0 Å². The van der Waals surface area contributed by atoms with E-state index in [1.165, 1.54) is 27.4 Å². The number of fused-ring (bicyclic) bond motifs is 3. The number of aromatic nitrogens is 1. The molecule has 4 aromatic rings. The van der Waals surface area contributed by atoms with Crippen LogP contribution in [0, 0.1) is 5.92 Å². The lowest BCUT2D eigenvalue weighted by atomic mass is 10.1. The number of hydrogen-bond acceptors (Lipinski definition) is 2. The summed E-state index contributed by atoms with van der Waals surface area (Å²) in [6, 6.07) is 25.0. The van der Waals surface area contributed by atoms with Crippen molar-refractivity contribution in [2.45, 2.75) is 25.8 Å². The molecule has 1 fully saturated rings. The molecule has 1 saturated carbocycles. The Bertz CT molecular complexity index is 1220. The molecule has 1 N–H and O–H groups in total. The Morgan fingerprint density at radius 3 is 2.62 bits per heavy atom. The van der Waals surface area contributed by atoms with Crippen LogP contribution in [0.25, 0.3) is 21.8 Å². The fourth-order valence-electron chi connectivity index (χ4n) is 4.30. The van der Waals surface area contributed by atoms with Crippen molar-refractivity contribution in [1.29, 1.82) is 0 Å². The lowest BCUT2D eigenvalue weighted by Gasteiger charge is -2.03. The summed E-state index contributed by atoms with van der Waals surface area (Å²) in [5.41, 5.74) is 7.39. The Balaban J connectivity index is 1.32. The molecular formula is C25H23N3O. The maximum absolute atomic E-state index is 12.4. The van der Waals surface area contributed by atoms with Gasteiger partial charge in [-0.25, -0.2) is 5.43 Å². The Kier molecular flexibility index (Phi) is 4.39. The van der Waals surface area contributed by atoms with E-state index in [-0.39, 0.29) is 11.8 Å². The summed E-state index contributed by atoms with van der Waals surface area (Å²) >= 11 is 0. The molecule has 0 spiro atoms. The smallest absolute Gasteiger partial charge is 0.243 e. The molecule has 1 aromatic heterocycles. The number of carbonyl (C=O) groups is 1. The average Bonchev–Trinajstić information content (AvgIpc) is 3.51. The molecule has 144 valence electrons. The first-order valence-corrected chi connectivity index (χ1v) is 10.1. The summed E-state index contributed by atoms with van der Waals surface area (Å²) in [5, 5.41) is 6.67. The molecule has 1 aliphatic carbocycles. The van der Waals surface area contributed by atoms with Crippen LogP contribution in [-0.4, -0.2) is 16.7 Å². The van der Waals surface area contributed by atoms with Crippen LogP contribution in [0.15, 0.2) is 77.9 Å². The third-order valence-corrected chi connectivity index (χ3v) is 5.86. The fourth-order valence-corrected chi connectivity index (χ4v) is 4.30. The maximum Gasteiger partial charge on any atom is 0.243 e. The monoisotopic (exact) mass is 381 g/mol. The molecule has 29 heavy (non-hydrogen) atoms. The zero-order valence-corrected chi connectivity index (χ0v) is 16.4. The van der Waals surface area contributed by atoms with E-state index >= 15 is 0 Å². The molecule has 2 atom stereocenters. The van der Waals surface area contributed by atoms with Gasteiger partial charge in [0.25, 0.3) is 0 Å². The van der Waals surface area contributed by atoms with Crippen molar-refractivity contribution in [3.63, 3.8) is 0 Å². The second-order valence-corrected chi connectivity index (χ2v) is 7.63. The third-order valence-electron chi connectivity index (χ3n) is 5.86. The molecule has 4 heteroatoms. The maximum atomic E-state index is 12.4. The molecule has 1 heterocycles. The highest BCUT2D eigenvalue weighted by Crippen LogP contribution is 2.47. The van der Waals surface area contributed by atoms with Crippen LogP contribution in [0.3, 0.4) is 0 Å². The van der Waals surface area contributed by atoms with Gasteiger partial charge in [0.15, 0.2) is 0 Å². The summed E-state index contributed by atoms with van der Waals surface area (Å²) in [6.45, 7) is 3.09. The topological polar surface area (TPSA) is 46.4 Å². The number of nitrogens with one attached hydrogen (secondary N) is 1. The van der Waals surface area contributed by atoms with Crippen LogP contribution < -0.4 is 5.43 Å². The number of amides is 1. The Labute approximate surface area is 169 Å². The molecule has 0 aliphatic heterocycles. The lowest BCUT2D eigenvalue weighted by Crippen LogP contribution is -2.20. The van der Waals surface area contributed by atoms with Crippen LogP contribution in [-0.2, 0) is 11.3 Å². The van der Waals surface area contributed by atoms with E-state index in [0.717, 1.165) is 18.5 Å². The van der Waals surface area contributed by atoms with Gasteiger partial charge in [0.1, 0.15) is 0 Å². The van der Waals surface area contributed by atoms with Crippen LogP contribution in [0.1, 0.15) is 30.4 Å². The SMILES string of the molecule is CCn1c2ccccc2c2cc(C=NNC(=O)C3CC3c3ccccc3)ccc21. The Hall–Kier alpha value is -3.40. The second kappa shape index (κ2) is 7.21. The predicted octanol–water partition coefficient (Wildman–Crippen LogP) is 5.07. The normalized spacial score (nSPS) is 18.5. The number of aryl methyl sites for hydroxylation is 1. The minimum Gasteiger partial charge on any atom is -0.341 e. The van der Waals surface area contributed by atoms with Crippen molar-refractivity contribution in [3.05, 3.63) is 83.9 Å². The van der Waals surface area contributed by atoms with E-state index in [1.54, 1.807) is 6.21 Å². The molecule has 0 radical (unpaired) electrons. The van der Waals surface area contributed by atoms with Gasteiger partial charge in [-0.2, -0.15) is 5.10 Å². The molecule has 2 unspecified atom stereocenters. The Morgan fingerprint density at radius 2 is 1.79 bits per heavy atom. The first-order chi connectivity index (χ1) is 14.3. The van der Waals surface area contributed by atoms with Crippen LogP contribution in [0.4, 0.5) is 0 Å². The summed E-state index contributed by atoms with van der Waals surface area (Å²) in [4.78, 5) is 12.4. The molecular weight excluding hydrogens is 358 g/mol. The van der Waals surface area contributed by atoms with Gasteiger partial charge in [-0.3, -0.25) is 4.79 Å². The molecule has 1 aliphatic rings. The van der Waals surface area contributed by atoms with Crippen molar-refractivity contribution in [2.24, 2.45) is 11.0 Å². The van der Waals surface area contributed by atoms with Crippen molar-refractivity contribution in [2.75, 3.05) is 0 Å². The standard InChI is InChI=1S/C25H23N3O/c1-2-28-23-11-7-6-10-19(23)21-14-17(12-13-24(21)28)16-26-27-25(29)22-15-20(22)18-8-4-3-5-9-18/h3-14,16,20,22H,2,15H2,1H3,(H,27,29). The first-order valence-electron chi connectivity index (χ1n) is 10.1. The van der Waals surface area contributed by atoms with Crippen molar-refractivity contribution >= 4 is 33.9 Å². The first kappa shape index (κ1) is 17.7. The van der Waals surface area contributed by atoms with E-state index < -0.39 is 0 Å². The van der Waals surface area contributed by atoms with Crippen molar-refractivity contribution < 1.29 is 4.79 Å². The molecule has 3 aromatic carbocycles. The zero-order valence-electron chi connectivity index (χ0n) is 16.4. The van der Waals surface area contributed by atoms with Crippen LogP contribution >= 0.6 is 0 Å². The highest BCUT2D eigenvalue weighted by atomic mass is 16.2. The van der Waals surface area contributed by atoms with Gasteiger partial charge < -0.3 is 4.57 Å². The molecule has 0 saturated heterocycles. The van der Waals surface area contributed by atoms with Gasteiger partial charge in [0.05, 0.1) is 6.21 Å². The highest BCUT2D eigenvalue weighted by Gasteiger charge is 2.43. The molecule has 4 nitrogen and oxygen atoms in total. The van der Waals surface area contributed by atoms with E-state index in [9.17, 15) is 4.79 Å². The minimum absolute atomic E-state index is 0.00114. The van der Waals surface area contributed by atoms with E-state index in [1.807, 2.05) is 24.3 Å². The largest absolute Gasteiger partial charge is 0.341 e. The second-order valence-electron chi connectivity index (χ2n) is 7.63. The van der Waals surface area contributed by atoms with Gasteiger partial charge >= 0.3 is 0 Å². The number of para-hydroxylation sites is 1. The quantitative estimate of drug-likeness (QED) is 0.381. The van der Waals surface area contributed by atoms with Gasteiger partial charge in [0, 0.05) is 34.3 Å². The summed E-state index contributed by atoms with van der Waals surface area (Å²) in [6.07, 6.45) is 2.63. The summed E-state index contributed by atoms with van der Waals surface area (Å²) in [5.74, 6) is 0.348. The lowest BCUT2D eigenvalue weighted by molar-refractivity contribution is -0.122. The Morgan fingerprint density at radius 1 is 1.03 bits per heavy atom. The number of carbonyl (C=O) groups excluding carboxylic acids is 1. The van der Waals surface area contributed by atoms with Gasteiger partial charge in [-0.05, 0) is 48.6 Å². The summed E-state index contributed by atoms with van der Waals surface area (Å²) in [7, 11) is 0. The number of rotatable bonds is 5. The minimum atomic E-state index is -0.00114. The summed E-state index contributed by atoms with van der Waals surface area (Å²) < 4.78 is 2.32. The molecule has 5 rings (SSSR count). The van der Waals surface area contributed by atoms with Crippen LogP contribution in [0.2, 0.25) is 0 Å². The third kappa shape index (κ3) is 3.21.